The average Bonchev–Trinajstić information content (AvgIpc) is 3.10. The Morgan fingerprint density at radius 1 is 1.00 bits per heavy atom. The van der Waals surface area contributed by atoms with Crippen molar-refractivity contribution in [1.29, 1.82) is 0 Å². The molecule has 0 amide bonds. The Kier molecular flexibility index (Phi) is 7.09. The van der Waals surface area contributed by atoms with Crippen molar-refractivity contribution in [3.05, 3.63) is 53.7 Å². The minimum Gasteiger partial charge on any atom is -0.282 e. The van der Waals surface area contributed by atoms with Crippen molar-refractivity contribution in [2.24, 2.45) is 0 Å². The molecule has 0 atom stereocenters. The fourth-order valence-electron chi connectivity index (χ4n) is 3.85. The van der Waals surface area contributed by atoms with Gasteiger partial charge in [-0.1, -0.05) is 69.7 Å². The number of hydrogen-bond donors (Lipinski definition) is 1. The quantitative estimate of drug-likeness (QED) is 0.332. The molecule has 0 aliphatic heterocycles. The van der Waals surface area contributed by atoms with E-state index in [0.29, 0.717) is 5.56 Å². The lowest BCUT2D eigenvalue weighted by Crippen LogP contribution is -2.08. The molecule has 0 aliphatic rings. The smallest absolute Gasteiger partial charge is 0.282 e. The second-order valence-corrected chi connectivity index (χ2v) is 9.10. The SMILES string of the molecule is CCCCCCCCCc1cc(C)c(S(=O)(=O)O)cc1-n1ncc2ccccc21. The van der Waals surface area contributed by atoms with E-state index in [4.69, 9.17) is 0 Å². The summed E-state index contributed by atoms with van der Waals surface area (Å²) in [6.45, 7) is 3.95. The molecule has 0 bridgehead atoms. The van der Waals surface area contributed by atoms with Gasteiger partial charge in [0.05, 0.1) is 22.3 Å². The zero-order valence-corrected chi connectivity index (χ0v) is 18.1. The Labute approximate surface area is 173 Å². The highest BCUT2D eigenvalue weighted by Crippen LogP contribution is 2.28. The highest BCUT2D eigenvalue weighted by Gasteiger charge is 2.19. The molecule has 1 heterocycles. The van der Waals surface area contributed by atoms with Gasteiger partial charge in [-0.15, -0.1) is 0 Å². The highest BCUT2D eigenvalue weighted by atomic mass is 32.2. The monoisotopic (exact) mass is 414 g/mol. The van der Waals surface area contributed by atoms with Crippen LogP contribution in [0.25, 0.3) is 16.6 Å². The molecule has 3 aromatic rings. The molecule has 6 heteroatoms. The minimum atomic E-state index is -4.30. The molecule has 0 saturated heterocycles. The molecule has 3 rings (SSSR count). The van der Waals surface area contributed by atoms with Crippen molar-refractivity contribution in [3.63, 3.8) is 0 Å². The van der Waals surface area contributed by atoms with Crippen LogP contribution in [0.3, 0.4) is 0 Å². The molecule has 0 spiro atoms. The molecule has 0 radical (unpaired) electrons. The van der Waals surface area contributed by atoms with Gasteiger partial charge in [0.15, 0.2) is 0 Å². The molecule has 1 N–H and O–H groups in total. The molecule has 2 aromatic carbocycles. The first-order chi connectivity index (χ1) is 13.9. The number of para-hydroxylation sites is 1. The topological polar surface area (TPSA) is 72.2 Å². The number of aryl methyl sites for hydroxylation is 2. The van der Waals surface area contributed by atoms with Crippen LogP contribution in [0, 0.1) is 6.92 Å². The molecule has 0 aliphatic carbocycles. The Morgan fingerprint density at radius 3 is 2.41 bits per heavy atom. The summed E-state index contributed by atoms with van der Waals surface area (Å²) in [4.78, 5) is -0.0598. The van der Waals surface area contributed by atoms with Gasteiger partial charge in [-0.25, -0.2) is 4.68 Å². The summed E-state index contributed by atoms with van der Waals surface area (Å²) >= 11 is 0. The summed E-state index contributed by atoms with van der Waals surface area (Å²) in [5.74, 6) is 0. The number of unbranched alkanes of at least 4 members (excludes halogenated alkanes) is 6. The third-order valence-corrected chi connectivity index (χ3v) is 6.40. The molecular formula is C23H30N2O3S. The zero-order valence-electron chi connectivity index (χ0n) is 17.3. The molecule has 1 aromatic heterocycles. The van der Waals surface area contributed by atoms with Crippen molar-refractivity contribution in [3.8, 4) is 5.69 Å². The van der Waals surface area contributed by atoms with Gasteiger partial charge in [-0.05, 0) is 43.0 Å². The van der Waals surface area contributed by atoms with Crippen LogP contribution in [0.1, 0.15) is 63.0 Å². The first-order valence-corrected chi connectivity index (χ1v) is 11.9. The van der Waals surface area contributed by atoms with Crippen LogP contribution in [-0.4, -0.2) is 22.8 Å². The van der Waals surface area contributed by atoms with E-state index in [1.165, 1.54) is 32.1 Å². The Balaban J connectivity index is 1.90. The Bertz CT molecular complexity index is 1070. The molecule has 156 valence electrons. The first-order valence-electron chi connectivity index (χ1n) is 10.5. The van der Waals surface area contributed by atoms with Crippen molar-refractivity contribution in [2.45, 2.75) is 70.1 Å². The number of rotatable bonds is 10. The zero-order chi connectivity index (χ0) is 20.9. The lowest BCUT2D eigenvalue weighted by Gasteiger charge is -2.14. The van der Waals surface area contributed by atoms with Gasteiger partial charge in [-0.2, -0.15) is 13.5 Å². The minimum absolute atomic E-state index is 0.0598. The van der Waals surface area contributed by atoms with E-state index in [-0.39, 0.29) is 4.90 Å². The van der Waals surface area contributed by atoms with Gasteiger partial charge in [0.2, 0.25) is 0 Å². The molecule has 0 saturated carbocycles. The van der Waals surface area contributed by atoms with Crippen LogP contribution in [0.15, 0.2) is 47.5 Å². The van der Waals surface area contributed by atoms with Crippen LogP contribution < -0.4 is 0 Å². The van der Waals surface area contributed by atoms with Gasteiger partial charge >= 0.3 is 0 Å². The van der Waals surface area contributed by atoms with Gasteiger partial charge in [0.25, 0.3) is 10.1 Å². The lowest BCUT2D eigenvalue weighted by molar-refractivity contribution is 0.482. The van der Waals surface area contributed by atoms with Gasteiger partial charge in [0, 0.05) is 5.39 Å². The van der Waals surface area contributed by atoms with Gasteiger partial charge < -0.3 is 0 Å². The number of fused-ring (bicyclic) bond motifs is 1. The molecule has 5 nitrogen and oxygen atoms in total. The van der Waals surface area contributed by atoms with E-state index in [9.17, 15) is 13.0 Å². The fraction of sp³-hybridized carbons (Fsp3) is 0.435. The van der Waals surface area contributed by atoms with E-state index >= 15 is 0 Å². The van der Waals surface area contributed by atoms with Crippen molar-refractivity contribution < 1.29 is 13.0 Å². The van der Waals surface area contributed by atoms with Crippen LogP contribution in [-0.2, 0) is 16.5 Å². The molecule has 0 fully saturated rings. The summed E-state index contributed by atoms with van der Waals surface area (Å²) in [6.07, 6.45) is 11.2. The number of aromatic nitrogens is 2. The van der Waals surface area contributed by atoms with Crippen molar-refractivity contribution >= 4 is 21.0 Å². The van der Waals surface area contributed by atoms with Crippen LogP contribution in [0.4, 0.5) is 0 Å². The number of benzene rings is 2. The third kappa shape index (κ3) is 5.25. The predicted molar refractivity (Wildman–Crippen MR) is 117 cm³/mol. The lowest BCUT2D eigenvalue weighted by atomic mass is 10.0. The maximum Gasteiger partial charge on any atom is 0.294 e. The maximum absolute atomic E-state index is 11.9. The van der Waals surface area contributed by atoms with Crippen LogP contribution in [0.5, 0.6) is 0 Å². The van der Waals surface area contributed by atoms with Crippen LogP contribution >= 0.6 is 0 Å². The third-order valence-electron chi connectivity index (χ3n) is 5.41. The van der Waals surface area contributed by atoms with Crippen LogP contribution in [0.2, 0.25) is 0 Å². The maximum atomic E-state index is 11.9. The number of hydrogen-bond acceptors (Lipinski definition) is 3. The standard InChI is InChI=1S/C23H30N2O3S/c1-3-4-5-6-7-8-9-12-19-15-18(2)23(29(26,27)28)16-22(19)25-21-14-11-10-13-20(21)17-24-25/h10-11,13-17H,3-9,12H2,1-2H3,(H,26,27,28). The van der Waals surface area contributed by atoms with E-state index < -0.39 is 10.1 Å². The van der Waals surface area contributed by atoms with E-state index in [2.05, 4.69) is 12.0 Å². The fourth-order valence-corrected chi connectivity index (χ4v) is 4.58. The molecule has 29 heavy (non-hydrogen) atoms. The molecular weight excluding hydrogens is 384 g/mol. The summed E-state index contributed by atoms with van der Waals surface area (Å²) < 4.78 is 35.2. The summed E-state index contributed by atoms with van der Waals surface area (Å²) in [7, 11) is -4.30. The summed E-state index contributed by atoms with van der Waals surface area (Å²) in [5, 5.41) is 5.49. The van der Waals surface area contributed by atoms with Gasteiger partial charge in [0.1, 0.15) is 0 Å². The average molecular weight is 415 g/mol. The van der Waals surface area contributed by atoms with E-state index in [1.54, 1.807) is 23.9 Å². The summed E-state index contributed by atoms with van der Waals surface area (Å²) in [5.41, 5.74) is 3.25. The second kappa shape index (κ2) is 9.55. The van der Waals surface area contributed by atoms with E-state index in [1.807, 2.05) is 30.3 Å². The van der Waals surface area contributed by atoms with Crippen molar-refractivity contribution in [1.82, 2.24) is 9.78 Å². The Hall–Kier alpha value is -2.18. The highest BCUT2D eigenvalue weighted by molar-refractivity contribution is 7.85. The van der Waals surface area contributed by atoms with E-state index in [0.717, 1.165) is 41.4 Å². The summed E-state index contributed by atoms with van der Waals surface area (Å²) in [6, 6.07) is 11.3. The second-order valence-electron chi connectivity index (χ2n) is 7.71. The molecule has 0 unspecified atom stereocenters. The first kappa shape index (κ1) is 21.5. The predicted octanol–water partition coefficient (Wildman–Crippen LogP) is 5.87. The van der Waals surface area contributed by atoms with Gasteiger partial charge in [-0.3, -0.25) is 4.55 Å². The Morgan fingerprint density at radius 2 is 1.69 bits per heavy atom. The number of nitrogens with zero attached hydrogens (tertiary/aromatic N) is 2. The largest absolute Gasteiger partial charge is 0.294 e. The van der Waals surface area contributed by atoms with Crippen molar-refractivity contribution in [2.75, 3.05) is 0 Å². The normalized spacial score (nSPS) is 12.0.